The molecule has 1 atom stereocenters. The number of rotatable bonds is 5. The van der Waals surface area contributed by atoms with Crippen molar-refractivity contribution in [2.75, 3.05) is 18.1 Å². The van der Waals surface area contributed by atoms with Crippen LogP contribution in [-0.2, 0) is 0 Å². The summed E-state index contributed by atoms with van der Waals surface area (Å²) in [5.41, 5.74) is 12.7. The highest BCUT2D eigenvalue weighted by molar-refractivity contribution is 5.42. The molecule has 19 heavy (non-hydrogen) atoms. The average molecular weight is 258 g/mol. The SMILES string of the molecule is CC(COc1ccc(N)cc1)Oc1ccc(N)cc1. The molecule has 0 fully saturated rings. The van der Waals surface area contributed by atoms with Gasteiger partial charge in [-0.25, -0.2) is 0 Å². The zero-order valence-corrected chi connectivity index (χ0v) is 10.9. The molecule has 0 aliphatic rings. The first-order valence-corrected chi connectivity index (χ1v) is 6.14. The van der Waals surface area contributed by atoms with E-state index in [4.69, 9.17) is 20.9 Å². The van der Waals surface area contributed by atoms with Crippen LogP contribution in [0.3, 0.4) is 0 Å². The molecule has 0 saturated carbocycles. The molecule has 100 valence electrons. The van der Waals surface area contributed by atoms with E-state index in [-0.39, 0.29) is 6.10 Å². The van der Waals surface area contributed by atoms with Gasteiger partial charge in [0.25, 0.3) is 0 Å². The number of nitrogens with two attached hydrogens (primary N) is 2. The zero-order valence-electron chi connectivity index (χ0n) is 10.9. The normalized spacial score (nSPS) is 11.8. The van der Waals surface area contributed by atoms with Gasteiger partial charge in [-0.1, -0.05) is 0 Å². The van der Waals surface area contributed by atoms with Crippen LogP contribution in [0.5, 0.6) is 11.5 Å². The maximum atomic E-state index is 5.71. The fourth-order valence-electron chi connectivity index (χ4n) is 1.59. The second-order valence-corrected chi connectivity index (χ2v) is 4.38. The van der Waals surface area contributed by atoms with Crippen molar-refractivity contribution < 1.29 is 9.47 Å². The average Bonchev–Trinajstić information content (AvgIpc) is 2.41. The van der Waals surface area contributed by atoms with E-state index in [0.29, 0.717) is 6.61 Å². The fourth-order valence-corrected chi connectivity index (χ4v) is 1.59. The van der Waals surface area contributed by atoms with Gasteiger partial charge in [-0.2, -0.15) is 0 Å². The third kappa shape index (κ3) is 4.10. The Morgan fingerprint density at radius 3 is 1.84 bits per heavy atom. The lowest BCUT2D eigenvalue weighted by atomic mass is 10.3. The summed E-state index contributed by atoms with van der Waals surface area (Å²) in [6.07, 6.45) is -0.0545. The molecule has 4 N–H and O–H groups in total. The van der Waals surface area contributed by atoms with E-state index in [1.807, 2.05) is 43.3 Å². The summed E-state index contributed by atoms with van der Waals surface area (Å²) < 4.78 is 11.3. The van der Waals surface area contributed by atoms with Crippen LogP contribution >= 0.6 is 0 Å². The van der Waals surface area contributed by atoms with Gasteiger partial charge in [0.1, 0.15) is 24.2 Å². The molecule has 0 radical (unpaired) electrons. The van der Waals surface area contributed by atoms with Crippen LogP contribution in [0.25, 0.3) is 0 Å². The van der Waals surface area contributed by atoms with Gasteiger partial charge in [0.2, 0.25) is 0 Å². The van der Waals surface area contributed by atoms with Crippen LogP contribution < -0.4 is 20.9 Å². The lowest BCUT2D eigenvalue weighted by Gasteiger charge is -2.15. The van der Waals surface area contributed by atoms with Gasteiger partial charge < -0.3 is 20.9 Å². The Balaban J connectivity index is 1.82. The van der Waals surface area contributed by atoms with Gasteiger partial charge in [-0.15, -0.1) is 0 Å². The molecular formula is C15H18N2O2. The predicted octanol–water partition coefficient (Wildman–Crippen LogP) is 2.70. The Morgan fingerprint density at radius 2 is 1.32 bits per heavy atom. The summed E-state index contributed by atoms with van der Waals surface area (Å²) in [5.74, 6) is 1.56. The lowest BCUT2D eigenvalue weighted by molar-refractivity contribution is 0.143. The number of hydrogen-bond donors (Lipinski definition) is 2. The third-order valence-electron chi connectivity index (χ3n) is 2.58. The summed E-state index contributed by atoms with van der Waals surface area (Å²) in [6, 6.07) is 14.6. The summed E-state index contributed by atoms with van der Waals surface area (Å²) >= 11 is 0. The van der Waals surface area contributed by atoms with Gasteiger partial charge in [0, 0.05) is 11.4 Å². The van der Waals surface area contributed by atoms with Crippen LogP contribution in [-0.4, -0.2) is 12.7 Å². The topological polar surface area (TPSA) is 70.5 Å². The van der Waals surface area contributed by atoms with E-state index >= 15 is 0 Å². The smallest absolute Gasteiger partial charge is 0.130 e. The Kier molecular flexibility index (Phi) is 4.13. The Morgan fingerprint density at radius 1 is 0.842 bits per heavy atom. The molecule has 2 rings (SSSR count). The molecule has 0 aliphatic carbocycles. The first kappa shape index (κ1) is 13.1. The van der Waals surface area contributed by atoms with E-state index in [1.54, 1.807) is 12.1 Å². The number of anilines is 2. The minimum absolute atomic E-state index is 0.0545. The van der Waals surface area contributed by atoms with Crippen molar-refractivity contribution in [1.29, 1.82) is 0 Å². The quantitative estimate of drug-likeness (QED) is 0.809. The monoisotopic (exact) mass is 258 g/mol. The molecule has 0 saturated heterocycles. The Labute approximate surface area is 112 Å². The molecule has 0 aromatic heterocycles. The van der Waals surface area contributed by atoms with Gasteiger partial charge >= 0.3 is 0 Å². The van der Waals surface area contributed by atoms with Crippen molar-refractivity contribution >= 4 is 11.4 Å². The van der Waals surface area contributed by atoms with Crippen LogP contribution in [0, 0.1) is 0 Å². The van der Waals surface area contributed by atoms with Crippen LogP contribution in [0.2, 0.25) is 0 Å². The molecular weight excluding hydrogens is 240 g/mol. The third-order valence-corrected chi connectivity index (χ3v) is 2.58. The molecule has 0 aliphatic heterocycles. The summed E-state index contributed by atoms with van der Waals surface area (Å²) in [7, 11) is 0. The number of ether oxygens (including phenoxy) is 2. The molecule has 4 nitrogen and oxygen atoms in total. The lowest BCUT2D eigenvalue weighted by Crippen LogP contribution is -2.21. The minimum atomic E-state index is -0.0545. The summed E-state index contributed by atoms with van der Waals surface area (Å²) in [5, 5.41) is 0. The van der Waals surface area contributed by atoms with Gasteiger partial charge in [-0.3, -0.25) is 0 Å². The van der Waals surface area contributed by atoms with Gasteiger partial charge in [-0.05, 0) is 55.5 Å². The van der Waals surface area contributed by atoms with Gasteiger partial charge in [0.05, 0.1) is 0 Å². The van der Waals surface area contributed by atoms with Crippen molar-refractivity contribution in [3.8, 4) is 11.5 Å². The Bertz CT molecular complexity index is 509. The predicted molar refractivity (Wildman–Crippen MR) is 77.3 cm³/mol. The molecule has 0 bridgehead atoms. The summed E-state index contributed by atoms with van der Waals surface area (Å²) in [4.78, 5) is 0. The highest BCUT2D eigenvalue weighted by Crippen LogP contribution is 2.16. The van der Waals surface area contributed by atoms with Crippen molar-refractivity contribution in [2.24, 2.45) is 0 Å². The van der Waals surface area contributed by atoms with Gasteiger partial charge in [0.15, 0.2) is 0 Å². The van der Waals surface area contributed by atoms with Crippen LogP contribution in [0.1, 0.15) is 6.92 Å². The van der Waals surface area contributed by atoms with E-state index in [9.17, 15) is 0 Å². The molecule has 0 spiro atoms. The maximum absolute atomic E-state index is 5.71. The van der Waals surface area contributed by atoms with Crippen molar-refractivity contribution in [1.82, 2.24) is 0 Å². The highest BCUT2D eigenvalue weighted by Gasteiger charge is 2.05. The molecule has 0 amide bonds. The van der Waals surface area contributed by atoms with E-state index in [0.717, 1.165) is 22.9 Å². The Hall–Kier alpha value is -2.36. The molecule has 2 aromatic carbocycles. The number of hydrogen-bond acceptors (Lipinski definition) is 4. The van der Waals surface area contributed by atoms with Crippen molar-refractivity contribution in [2.45, 2.75) is 13.0 Å². The zero-order chi connectivity index (χ0) is 13.7. The van der Waals surface area contributed by atoms with E-state index in [2.05, 4.69) is 0 Å². The maximum Gasteiger partial charge on any atom is 0.130 e. The first-order chi connectivity index (χ1) is 9.13. The number of nitrogen functional groups attached to an aromatic ring is 2. The standard InChI is InChI=1S/C15H18N2O2/c1-11(19-15-8-4-13(17)5-9-15)10-18-14-6-2-12(16)3-7-14/h2-9,11H,10,16-17H2,1H3. The van der Waals surface area contributed by atoms with Crippen LogP contribution in [0.15, 0.2) is 48.5 Å². The van der Waals surface area contributed by atoms with Crippen molar-refractivity contribution in [3.63, 3.8) is 0 Å². The first-order valence-electron chi connectivity index (χ1n) is 6.14. The van der Waals surface area contributed by atoms with E-state index < -0.39 is 0 Å². The molecule has 2 aromatic rings. The molecule has 4 heteroatoms. The van der Waals surface area contributed by atoms with Crippen molar-refractivity contribution in [3.05, 3.63) is 48.5 Å². The summed E-state index contributed by atoms with van der Waals surface area (Å²) in [6.45, 7) is 2.42. The fraction of sp³-hybridized carbons (Fsp3) is 0.200. The number of benzene rings is 2. The van der Waals surface area contributed by atoms with Crippen LogP contribution in [0.4, 0.5) is 11.4 Å². The molecule has 1 unspecified atom stereocenters. The second kappa shape index (κ2) is 6.00. The minimum Gasteiger partial charge on any atom is -0.490 e. The van der Waals surface area contributed by atoms with E-state index in [1.165, 1.54) is 0 Å². The molecule has 0 heterocycles. The largest absolute Gasteiger partial charge is 0.490 e. The second-order valence-electron chi connectivity index (χ2n) is 4.38. The highest BCUT2D eigenvalue weighted by atomic mass is 16.5.